The molecule has 0 fully saturated rings. The molecule has 0 unspecified atom stereocenters. The van der Waals surface area contributed by atoms with Crippen LogP contribution in [0.2, 0.25) is 0 Å². The van der Waals surface area contributed by atoms with E-state index in [0.717, 1.165) is 0 Å². The lowest BCUT2D eigenvalue weighted by Crippen LogP contribution is -2.25. The molecule has 0 radical (unpaired) electrons. The van der Waals surface area contributed by atoms with E-state index >= 15 is 0 Å². The van der Waals surface area contributed by atoms with Gasteiger partial charge >= 0.3 is 0 Å². The SMILES string of the molecule is O=C1c2ccc(-c3ccc4c(c3)C(=O)N(O)C4=O)cc2C(=O)N1O. The number of hydrogen-bond acceptors (Lipinski definition) is 6. The van der Waals surface area contributed by atoms with Crippen molar-refractivity contribution in [3.8, 4) is 11.1 Å². The first-order valence-corrected chi connectivity index (χ1v) is 6.84. The van der Waals surface area contributed by atoms with Crippen LogP contribution in [-0.2, 0) is 0 Å². The van der Waals surface area contributed by atoms with Crippen LogP contribution in [0.25, 0.3) is 11.1 Å². The maximum atomic E-state index is 11.8. The van der Waals surface area contributed by atoms with Crippen LogP contribution in [-0.4, -0.2) is 44.2 Å². The Morgan fingerprint density at radius 2 is 0.875 bits per heavy atom. The van der Waals surface area contributed by atoms with Crippen LogP contribution in [0.15, 0.2) is 36.4 Å². The van der Waals surface area contributed by atoms with E-state index in [1.54, 1.807) is 12.1 Å². The van der Waals surface area contributed by atoms with Gasteiger partial charge in [-0.15, -0.1) is 10.1 Å². The summed E-state index contributed by atoms with van der Waals surface area (Å²) >= 11 is 0. The Labute approximate surface area is 134 Å². The van der Waals surface area contributed by atoms with Gasteiger partial charge in [-0.25, -0.2) is 0 Å². The molecule has 0 spiro atoms. The van der Waals surface area contributed by atoms with E-state index < -0.39 is 23.6 Å². The zero-order valence-electron chi connectivity index (χ0n) is 11.9. The van der Waals surface area contributed by atoms with Gasteiger partial charge in [0.15, 0.2) is 0 Å². The molecule has 4 rings (SSSR count). The average Bonchev–Trinajstić information content (AvgIpc) is 2.95. The zero-order chi connectivity index (χ0) is 17.2. The van der Waals surface area contributed by atoms with Crippen LogP contribution in [0.1, 0.15) is 41.4 Å². The van der Waals surface area contributed by atoms with Gasteiger partial charge in [-0.1, -0.05) is 12.1 Å². The Kier molecular flexibility index (Phi) is 2.71. The molecule has 0 saturated heterocycles. The van der Waals surface area contributed by atoms with Crippen molar-refractivity contribution in [2.75, 3.05) is 0 Å². The molecule has 8 heteroatoms. The summed E-state index contributed by atoms with van der Waals surface area (Å²) in [5.41, 5.74) is 1.30. The third-order valence-electron chi connectivity index (χ3n) is 4.06. The van der Waals surface area contributed by atoms with E-state index in [1.165, 1.54) is 24.3 Å². The maximum absolute atomic E-state index is 11.8. The Morgan fingerprint density at radius 3 is 1.25 bits per heavy atom. The summed E-state index contributed by atoms with van der Waals surface area (Å²) in [6.07, 6.45) is 0. The van der Waals surface area contributed by atoms with Crippen molar-refractivity contribution in [2.45, 2.75) is 0 Å². The second-order valence-electron chi connectivity index (χ2n) is 5.36. The monoisotopic (exact) mass is 324 g/mol. The van der Waals surface area contributed by atoms with Crippen molar-refractivity contribution in [2.24, 2.45) is 0 Å². The first-order valence-electron chi connectivity index (χ1n) is 6.84. The molecule has 4 amide bonds. The van der Waals surface area contributed by atoms with Gasteiger partial charge in [0.1, 0.15) is 0 Å². The molecule has 2 aliphatic rings. The molecule has 2 heterocycles. The van der Waals surface area contributed by atoms with E-state index in [1.807, 2.05) is 0 Å². The van der Waals surface area contributed by atoms with Crippen LogP contribution in [0.3, 0.4) is 0 Å². The lowest BCUT2D eigenvalue weighted by Gasteiger charge is -2.05. The Bertz CT molecular complexity index is 901. The molecule has 0 bridgehead atoms. The minimum Gasteiger partial charge on any atom is -0.278 e. The molecule has 0 saturated carbocycles. The molecular weight excluding hydrogens is 316 g/mol. The quantitative estimate of drug-likeness (QED) is 0.604. The molecule has 118 valence electrons. The highest BCUT2D eigenvalue weighted by Crippen LogP contribution is 2.31. The Balaban J connectivity index is 1.83. The van der Waals surface area contributed by atoms with Gasteiger partial charge in [-0.05, 0) is 35.4 Å². The molecule has 0 aliphatic carbocycles. The van der Waals surface area contributed by atoms with Crippen molar-refractivity contribution >= 4 is 23.6 Å². The summed E-state index contributed by atoms with van der Waals surface area (Å²) in [5.74, 6) is -3.25. The fraction of sp³-hybridized carbons (Fsp3) is 0. The van der Waals surface area contributed by atoms with Gasteiger partial charge < -0.3 is 0 Å². The number of carbonyl (C=O) groups excluding carboxylic acids is 4. The van der Waals surface area contributed by atoms with E-state index in [0.29, 0.717) is 11.1 Å². The molecule has 24 heavy (non-hydrogen) atoms. The fourth-order valence-corrected chi connectivity index (χ4v) is 2.82. The predicted molar refractivity (Wildman–Crippen MR) is 76.5 cm³/mol. The van der Waals surface area contributed by atoms with E-state index in [4.69, 9.17) is 0 Å². The second kappa shape index (κ2) is 4.57. The topological polar surface area (TPSA) is 115 Å². The van der Waals surface area contributed by atoms with Crippen molar-refractivity contribution in [3.63, 3.8) is 0 Å². The number of amides is 4. The Hall–Kier alpha value is -3.36. The van der Waals surface area contributed by atoms with Crippen molar-refractivity contribution in [1.29, 1.82) is 0 Å². The summed E-state index contributed by atoms with van der Waals surface area (Å²) in [6.45, 7) is 0. The highest BCUT2D eigenvalue weighted by atomic mass is 16.5. The largest absolute Gasteiger partial charge is 0.285 e. The number of hydroxylamine groups is 4. The fourth-order valence-electron chi connectivity index (χ4n) is 2.82. The maximum Gasteiger partial charge on any atom is 0.285 e. The van der Waals surface area contributed by atoms with E-state index in [9.17, 15) is 29.6 Å². The lowest BCUT2D eigenvalue weighted by atomic mass is 9.97. The van der Waals surface area contributed by atoms with Crippen molar-refractivity contribution in [1.82, 2.24) is 10.1 Å². The minimum atomic E-state index is -0.828. The summed E-state index contributed by atoms with van der Waals surface area (Å²) in [6, 6.07) is 8.77. The summed E-state index contributed by atoms with van der Waals surface area (Å²) in [4.78, 5) is 47.0. The van der Waals surface area contributed by atoms with Crippen LogP contribution in [0, 0.1) is 0 Å². The van der Waals surface area contributed by atoms with Gasteiger partial charge in [-0.3, -0.25) is 29.6 Å². The van der Waals surface area contributed by atoms with Crippen molar-refractivity contribution in [3.05, 3.63) is 58.7 Å². The summed E-state index contributed by atoms with van der Waals surface area (Å²) in [7, 11) is 0. The number of rotatable bonds is 1. The predicted octanol–water partition coefficient (Wildman–Crippen LogP) is 1.32. The van der Waals surface area contributed by atoms with Gasteiger partial charge in [0.25, 0.3) is 23.6 Å². The summed E-state index contributed by atoms with van der Waals surface area (Å²) < 4.78 is 0. The summed E-state index contributed by atoms with van der Waals surface area (Å²) in [5, 5.41) is 18.9. The number of hydrogen-bond donors (Lipinski definition) is 2. The molecule has 0 aromatic heterocycles. The third kappa shape index (κ3) is 1.69. The van der Waals surface area contributed by atoms with Gasteiger partial charge in [0.05, 0.1) is 22.3 Å². The zero-order valence-corrected chi connectivity index (χ0v) is 11.9. The number of nitrogens with zero attached hydrogens (tertiary/aromatic N) is 2. The Morgan fingerprint density at radius 1 is 0.542 bits per heavy atom. The molecule has 8 nitrogen and oxygen atoms in total. The number of benzene rings is 2. The molecule has 2 aliphatic heterocycles. The number of carbonyl (C=O) groups is 4. The second-order valence-corrected chi connectivity index (χ2v) is 5.36. The van der Waals surface area contributed by atoms with E-state index in [2.05, 4.69) is 0 Å². The molecule has 2 N–H and O–H groups in total. The number of imide groups is 2. The molecule has 2 aromatic rings. The van der Waals surface area contributed by atoms with Crippen LogP contribution in [0.4, 0.5) is 0 Å². The van der Waals surface area contributed by atoms with Crippen LogP contribution >= 0.6 is 0 Å². The van der Waals surface area contributed by atoms with Gasteiger partial charge in [-0.2, -0.15) is 0 Å². The molecule has 2 aromatic carbocycles. The smallest absolute Gasteiger partial charge is 0.278 e. The average molecular weight is 324 g/mol. The third-order valence-corrected chi connectivity index (χ3v) is 4.06. The minimum absolute atomic E-state index is 0.0446. The molecular formula is C16H8N2O6. The highest BCUT2D eigenvalue weighted by Gasteiger charge is 2.36. The standard InChI is InChI=1S/C16H8N2O6/c19-13-9-3-1-7(5-11(9)15(21)17(13)23)8-2-4-10-12(6-8)16(22)18(24)14(10)20/h1-6,23-24H. The van der Waals surface area contributed by atoms with Gasteiger partial charge in [0, 0.05) is 0 Å². The normalized spacial score (nSPS) is 16.1. The van der Waals surface area contributed by atoms with Crippen molar-refractivity contribution < 1.29 is 29.6 Å². The van der Waals surface area contributed by atoms with E-state index in [-0.39, 0.29) is 32.4 Å². The van der Waals surface area contributed by atoms with Crippen LogP contribution in [0.5, 0.6) is 0 Å². The van der Waals surface area contributed by atoms with Gasteiger partial charge in [0.2, 0.25) is 0 Å². The molecule has 0 atom stereocenters. The van der Waals surface area contributed by atoms with Crippen LogP contribution < -0.4 is 0 Å². The lowest BCUT2D eigenvalue weighted by molar-refractivity contribution is -0.0330. The first-order chi connectivity index (χ1) is 11.4. The first kappa shape index (κ1) is 14.2. The highest BCUT2D eigenvalue weighted by molar-refractivity contribution is 6.22. The number of fused-ring (bicyclic) bond motifs is 2.